The third-order valence-electron chi connectivity index (χ3n) is 2.64. The summed E-state index contributed by atoms with van der Waals surface area (Å²) >= 11 is 1.94. The molecule has 1 aromatic rings. The summed E-state index contributed by atoms with van der Waals surface area (Å²) in [6, 6.07) is 4.32. The molecule has 2 N–H and O–H groups in total. The Morgan fingerprint density at radius 1 is 1.47 bits per heavy atom. The molecule has 4 heteroatoms. The van der Waals surface area contributed by atoms with Crippen LogP contribution in [0, 0.1) is 0 Å². The van der Waals surface area contributed by atoms with Gasteiger partial charge in [-0.25, -0.2) is 4.98 Å². The summed E-state index contributed by atoms with van der Waals surface area (Å²) in [7, 11) is 2.08. The van der Waals surface area contributed by atoms with E-state index in [1.807, 2.05) is 11.8 Å². The third-order valence-corrected chi connectivity index (χ3v) is 3.63. The Labute approximate surface area is 95.1 Å². The van der Waals surface area contributed by atoms with E-state index in [9.17, 15) is 0 Å². The van der Waals surface area contributed by atoms with Crippen molar-refractivity contribution in [2.45, 2.75) is 17.9 Å². The number of nitrogens with zero attached hydrogens (tertiary/aromatic N) is 2. The van der Waals surface area contributed by atoms with E-state index in [4.69, 9.17) is 5.73 Å². The Morgan fingerprint density at radius 2 is 2.33 bits per heavy atom. The largest absolute Gasteiger partial charge is 0.360 e. The Kier molecular flexibility index (Phi) is 3.49. The molecule has 0 atom stereocenters. The zero-order chi connectivity index (χ0) is 10.7. The van der Waals surface area contributed by atoms with Gasteiger partial charge in [0.2, 0.25) is 0 Å². The Bertz CT molecular complexity index is 341. The minimum absolute atomic E-state index is 0.741. The number of rotatable bonds is 4. The van der Waals surface area contributed by atoms with Gasteiger partial charge in [-0.05, 0) is 24.6 Å². The topological polar surface area (TPSA) is 42.1 Å². The molecule has 0 saturated heterocycles. The highest BCUT2D eigenvalue weighted by Gasteiger charge is 2.13. The summed E-state index contributed by atoms with van der Waals surface area (Å²) in [6.07, 6.45) is 1.02. The van der Waals surface area contributed by atoms with Crippen LogP contribution >= 0.6 is 11.8 Å². The second kappa shape index (κ2) is 4.86. The van der Waals surface area contributed by atoms with E-state index in [0.29, 0.717) is 0 Å². The molecule has 2 rings (SSSR count). The molecular formula is C11H17N3S. The number of anilines is 1. The first kappa shape index (κ1) is 10.8. The lowest BCUT2D eigenvalue weighted by Gasteiger charge is -2.18. The van der Waals surface area contributed by atoms with Crippen molar-refractivity contribution < 1.29 is 0 Å². The van der Waals surface area contributed by atoms with E-state index in [-0.39, 0.29) is 0 Å². The molecule has 3 nitrogen and oxygen atoms in total. The van der Waals surface area contributed by atoms with Crippen LogP contribution in [-0.2, 0) is 11.5 Å². The second-order valence-corrected chi connectivity index (χ2v) is 4.82. The molecule has 2 heterocycles. The van der Waals surface area contributed by atoms with Crippen molar-refractivity contribution >= 4 is 17.6 Å². The van der Waals surface area contributed by atoms with E-state index in [2.05, 4.69) is 29.1 Å². The Morgan fingerprint density at radius 3 is 3.13 bits per heavy atom. The maximum atomic E-state index is 5.49. The molecule has 0 fully saturated rings. The summed E-state index contributed by atoms with van der Waals surface area (Å²) in [6.45, 7) is 1.72. The molecule has 1 aromatic heterocycles. The van der Waals surface area contributed by atoms with Gasteiger partial charge in [-0.15, -0.1) is 0 Å². The Balaban J connectivity index is 2.08. The molecule has 15 heavy (non-hydrogen) atoms. The average Bonchev–Trinajstić information content (AvgIpc) is 2.72. The lowest BCUT2D eigenvalue weighted by atomic mass is 10.2. The standard InChI is InChI=1S/C11H17N3S/c1-14(6-2-5-12)11-4-3-9-7-15-8-10(9)13-11/h3-4H,2,5-8,12H2,1H3. The van der Waals surface area contributed by atoms with Gasteiger partial charge in [0.1, 0.15) is 5.82 Å². The smallest absolute Gasteiger partial charge is 0.128 e. The lowest BCUT2D eigenvalue weighted by molar-refractivity contribution is 0.785. The van der Waals surface area contributed by atoms with E-state index in [0.717, 1.165) is 36.8 Å². The molecule has 0 amide bonds. The number of aromatic nitrogens is 1. The second-order valence-electron chi connectivity index (χ2n) is 3.83. The van der Waals surface area contributed by atoms with Gasteiger partial charge in [-0.1, -0.05) is 6.07 Å². The minimum Gasteiger partial charge on any atom is -0.360 e. The fourth-order valence-corrected chi connectivity index (χ4v) is 2.72. The zero-order valence-corrected chi connectivity index (χ0v) is 9.89. The highest BCUT2D eigenvalue weighted by atomic mass is 32.2. The van der Waals surface area contributed by atoms with Gasteiger partial charge < -0.3 is 10.6 Å². The Hall–Kier alpha value is -0.740. The van der Waals surface area contributed by atoms with Crippen molar-refractivity contribution in [3.05, 3.63) is 23.4 Å². The number of fused-ring (bicyclic) bond motifs is 1. The monoisotopic (exact) mass is 223 g/mol. The number of hydrogen-bond acceptors (Lipinski definition) is 4. The van der Waals surface area contributed by atoms with Gasteiger partial charge in [0.25, 0.3) is 0 Å². The zero-order valence-electron chi connectivity index (χ0n) is 9.07. The van der Waals surface area contributed by atoms with Gasteiger partial charge in [0, 0.05) is 25.1 Å². The number of nitrogens with two attached hydrogens (primary N) is 1. The van der Waals surface area contributed by atoms with Crippen molar-refractivity contribution in [3.8, 4) is 0 Å². The van der Waals surface area contributed by atoms with Crippen molar-refractivity contribution in [1.82, 2.24) is 4.98 Å². The van der Waals surface area contributed by atoms with Crippen LogP contribution < -0.4 is 10.6 Å². The molecule has 0 bridgehead atoms. The fraction of sp³-hybridized carbons (Fsp3) is 0.545. The molecule has 1 aliphatic rings. The summed E-state index contributed by atoms with van der Waals surface area (Å²) in [5, 5.41) is 0. The summed E-state index contributed by atoms with van der Waals surface area (Å²) in [5.41, 5.74) is 8.15. The van der Waals surface area contributed by atoms with Crippen LogP contribution in [0.3, 0.4) is 0 Å². The van der Waals surface area contributed by atoms with E-state index < -0.39 is 0 Å². The van der Waals surface area contributed by atoms with E-state index in [1.165, 1.54) is 11.3 Å². The van der Waals surface area contributed by atoms with Crippen LogP contribution in [0.5, 0.6) is 0 Å². The average molecular weight is 223 g/mol. The molecule has 0 unspecified atom stereocenters. The summed E-state index contributed by atoms with van der Waals surface area (Å²) < 4.78 is 0. The SMILES string of the molecule is CN(CCCN)c1ccc2c(n1)CSC2. The summed E-state index contributed by atoms with van der Waals surface area (Å²) in [5.74, 6) is 3.26. The molecule has 0 radical (unpaired) electrons. The predicted octanol–water partition coefficient (Wildman–Crippen LogP) is 1.61. The summed E-state index contributed by atoms with van der Waals surface area (Å²) in [4.78, 5) is 6.85. The first-order valence-electron chi connectivity index (χ1n) is 5.29. The van der Waals surface area contributed by atoms with Crippen LogP contribution in [-0.4, -0.2) is 25.1 Å². The normalized spacial score (nSPS) is 14.0. The third kappa shape index (κ3) is 2.44. The van der Waals surface area contributed by atoms with Gasteiger partial charge in [0.05, 0.1) is 5.69 Å². The van der Waals surface area contributed by atoms with Crippen LogP contribution in [0.1, 0.15) is 17.7 Å². The van der Waals surface area contributed by atoms with Gasteiger partial charge >= 0.3 is 0 Å². The maximum absolute atomic E-state index is 5.49. The first-order chi connectivity index (χ1) is 7.31. The van der Waals surface area contributed by atoms with Gasteiger partial charge in [-0.3, -0.25) is 0 Å². The van der Waals surface area contributed by atoms with E-state index >= 15 is 0 Å². The number of thioether (sulfide) groups is 1. The van der Waals surface area contributed by atoms with Crippen LogP contribution in [0.25, 0.3) is 0 Å². The first-order valence-corrected chi connectivity index (χ1v) is 6.44. The molecule has 0 aromatic carbocycles. The van der Waals surface area contributed by atoms with Crippen LogP contribution in [0.15, 0.2) is 12.1 Å². The van der Waals surface area contributed by atoms with Crippen molar-refractivity contribution in [2.75, 3.05) is 25.0 Å². The fourth-order valence-electron chi connectivity index (χ4n) is 1.69. The van der Waals surface area contributed by atoms with Crippen molar-refractivity contribution in [1.29, 1.82) is 0 Å². The molecule has 0 spiro atoms. The van der Waals surface area contributed by atoms with Gasteiger partial charge in [0.15, 0.2) is 0 Å². The highest BCUT2D eigenvalue weighted by Crippen LogP contribution is 2.29. The van der Waals surface area contributed by atoms with Crippen molar-refractivity contribution in [2.24, 2.45) is 5.73 Å². The van der Waals surface area contributed by atoms with Crippen LogP contribution in [0.4, 0.5) is 5.82 Å². The quantitative estimate of drug-likeness (QED) is 0.842. The predicted molar refractivity (Wildman–Crippen MR) is 66.2 cm³/mol. The molecule has 82 valence electrons. The van der Waals surface area contributed by atoms with E-state index in [1.54, 1.807) is 0 Å². The highest BCUT2D eigenvalue weighted by molar-refractivity contribution is 7.98. The maximum Gasteiger partial charge on any atom is 0.128 e. The van der Waals surface area contributed by atoms with Gasteiger partial charge in [-0.2, -0.15) is 11.8 Å². The minimum atomic E-state index is 0.741. The van der Waals surface area contributed by atoms with Crippen molar-refractivity contribution in [3.63, 3.8) is 0 Å². The molecule has 0 aliphatic carbocycles. The van der Waals surface area contributed by atoms with Crippen LogP contribution in [0.2, 0.25) is 0 Å². The lowest BCUT2D eigenvalue weighted by Crippen LogP contribution is -2.22. The number of hydrogen-bond donors (Lipinski definition) is 1. The molecule has 1 aliphatic heterocycles. The number of pyridine rings is 1. The molecule has 0 saturated carbocycles. The molecular weight excluding hydrogens is 206 g/mol.